The molecule has 0 rings (SSSR count). The van der Waals surface area contributed by atoms with Crippen molar-refractivity contribution in [2.75, 3.05) is 6.61 Å². The largest absolute Gasteiger partial charge is 0.396 e. The lowest BCUT2D eigenvalue weighted by molar-refractivity contribution is 0.0561. The molecule has 0 radical (unpaired) electrons. The highest BCUT2D eigenvalue weighted by Crippen LogP contribution is 2.36. The van der Waals surface area contributed by atoms with Gasteiger partial charge in [0.15, 0.2) is 0 Å². The van der Waals surface area contributed by atoms with Gasteiger partial charge in [-0.15, -0.1) is 0 Å². The Kier molecular flexibility index (Phi) is 5.56. The first kappa shape index (κ1) is 12.0. The molecule has 0 aliphatic heterocycles. The predicted molar refractivity (Wildman–Crippen MR) is 54.2 cm³/mol. The smallest absolute Gasteiger partial charge is 0.0489 e. The second-order valence-corrected chi connectivity index (χ2v) is 4.18. The van der Waals surface area contributed by atoms with Gasteiger partial charge in [0.2, 0.25) is 0 Å². The van der Waals surface area contributed by atoms with E-state index in [4.69, 9.17) is 0 Å². The zero-order valence-corrected chi connectivity index (χ0v) is 9.06. The molecule has 0 saturated carbocycles. The highest BCUT2D eigenvalue weighted by atomic mass is 16.3. The van der Waals surface area contributed by atoms with E-state index in [0.29, 0.717) is 12.5 Å². The van der Waals surface area contributed by atoms with Crippen LogP contribution in [0.4, 0.5) is 0 Å². The van der Waals surface area contributed by atoms with Crippen LogP contribution in [0.15, 0.2) is 0 Å². The van der Waals surface area contributed by atoms with Crippen molar-refractivity contribution < 1.29 is 5.11 Å². The molecular weight excluding hydrogens is 148 g/mol. The van der Waals surface area contributed by atoms with Crippen LogP contribution < -0.4 is 0 Å². The first-order chi connectivity index (χ1) is 5.63. The molecule has 0 aliphatic carbocycles. The second-order valence-electron chi connectivity index (χ2n) is 4.18. The Morgan fingerprint density at radius 2 is 1.50 bits per heavy atom. The van der Waals surface area contributed by atoms with Gasteiger partial charge in [0.1, 0.15) is 0 Å². The van der Waals surface area contributed by atoms with Crippen LogP contribution in [0, 0.1) is 11.3 Å². The van der Waals surface area contributed by atoms with Gasteiger partial charge < -0.3 is 5.11 Å². The molecule has 1 heteroatoms. The van der Waals surface area contributed by atoms with Crippen molar-refractivity contribution in [3.05, 3.63) is 0 Å². The third-order valence-corrected chi connectivity index (χ3v) is 3.04. The average Bonchev–Trinajstić information content (AvgIpc) is 2.03. The summed E-state index contributed by atoms with van der Waals surface area (Å²) in [7, 11) is 0. The summed E-state index contributed by atoms with van der Waals surface area (Å²) in [4.78, 5) is 0. The lowest BCUT2D eigenvalue weighted by Crippen LogP contribution is -2.31. The lowest BCUT2D eigenvalue weighted by Gasteiger charge is -2.35. The van der Waals surface area contributed by atoms with Crippen molar-refractivity contribution in [3.63, 3.8) is 0 Å². The van der Waals surface area contributed by atoms with Gasteiger partial charge in [0.25, 0.3) is 0 Å². The minimum Gasteiger partial charge on any atom is -0.396 e. The topological polar surface area (TPSA) is 20.2 Å². The molecule has 0 atom stereocenters. The third kappa shape index (κ3) is 2.78. The summed E-state index contributed by atoms with van der Waals surface area (Å²) in [5.74, 6) is 0.599. The summed E-state index contributed by atoms with van der Waals surface area (Å²) in [5.41, 5.74) is 0.198. The Morgan fingerprint density at radius 3 is 1.67 bits per heavy atom. The van der Waals surface area contributed by atoms with Crippen molar-refractivity contribution in [2.45, 2.75) is 53.4 Å². The van der Waals surface area contributed by atoms with Gasteiger partial charge in [0, 0.05) is 6.61 Å². The highest BCUT2D eigenvalue weighted by molar-refractivity contribution is 4.80. The molecule has 12 heavy (non-hydrogen) atoms. The van der Waals surface area contributed by atoms with E-state index in [0.717, 1.165) is 12.8 Å². The molecule has 0 aromatic heterocycles. The fraction of sp³-hybridized carbons (Fsp3) is 1.00. The van der Waals surface area contributed by atoms with Gasteiger partial charge in [0.05, 0.1) is 0 Å². The van der Waals surface area contributed by atoms with Crippen molar-refractivity contribution in [1.82, 2.24) is 0 Å². The van der Waals surface area contributed by atoms with Crippen LogP contribution in [-0.2, 0) is 0 Å². The molecule has 0 fully saturated rings. The number of aliphatic hydroxyl groups is 1. The number of hydrogen-bond donors (Lipinski definition) is 1. The van der Waals surface area contributed by atoms with Crippen LogP contribution in [0.25, 0.3) is 0 Å². The first-order valence-corrected chi connectivity index (χ1v) is 5.23. The monoisotopic (exact) mass is 172 g/mol. The maximum absolute atomic E-state index is 9.41. The van der Waals surface area contributed by atoms with Crippen LogP contribution in [0.2, 0.25) is 0 Å². The average molecular weight is 172 g/mol. The van der Waals surface area contributed by atoms with E-state index in [2.05, 4.69) is 27.7 Å². The van der Waals surface area contributed by atoms with Crippen molar-refractivity contribution in [1.29, 1.82) is 0 Å². The van der Waals surface area contributed by atoms with E-state index in [1.807, 2.05) is 0 Å². The van der Waals surface area contributed by atoms with Crippen LogP contribution in [-0.4, -0.2) is 11.7 Å². The van der Waals surface area contributed by atoms with Crippen molar-refractivity contribution >= 4 is 0 Å². The maximum Gasteiger partial charge on any atom is 0.0489 e. The molecule has 1 nitrogen and oxygen atoms in total. The summed E-state index contributed by atoms with van der Waals surface area (Å²) in [6.07, 6.45) is 4.68. The van der Waals surface area contributed by atoms with E-state index in [1.165, 1.54) is 12.8 Å². The molecule has 0 heterocycles. The van der Waals surface area contributed by atoms with Gasteiger partial charge in [-0.3, -0.25) is 0 Å². The zero-order valence-electron chi connectivity index (χ0n) is 9.06. The van der Waals surface area contributed by atoms with E-state index in [-0.39, 0.29) is 5.41 Å². The number of hydrogen-bond acceptors (Lipinski definition) is 1. The number of aliphatic hydroxyl groups excluding tert-OH is 1. The first-order valence-electron chi connectivity index (χ1n) is 5.23. The van der Waals surface area contributed by atoms with Crippen LogP contribution in [0.5, 0.6) is 0 Å². The van der Waals surface area contributed by atoms with Crippen molar-refractivity contribution in [3.8, 4) is 0 Å². The van der Waals surface area contributed by atoms with Gasteiger partial charge in [-0.05, 0) is 24.2 Å². The molecular formula is C11H24O. The normalized spacial score (nSPS) is 12.5. The Labute approximate surface area is 77.2 Å². The van der Waals surface area contributed by atoms with Crippen LogP contribution in [0.3, 0.4) is 0 Å². The number of rotatable bonds is 6. The maximum atomic E-state index is 9.41. The minimum absolute atomic E-state index is 0.198. The summed E-state index contributed by atoms with van der Waals surface area (Å²) in [6.45, 7) is 9.19. The van der Waals surface area contributed by atoms with E-state index in [1.54, 1.807) is 0 Å². The molecule has 0 aromatic carbocycles. The van der Waals surface area contributed by atoms with Gasteiger partial charge >= 0.3 is 0 Å². The van der Waals surface area contributed by atoms with Crippen LogP contribution in [0.1, 0.15) is 53.4 Å². The standard InChI is InChI=1S/C11H24O/c1-5-7-11(9-12,8-6-2)10(3)4/h10,12H,5-9H2,1-4H3. The molecule has 0 aromatic rings. The fourth-order valence-electron chi connectivity index (χ4n) is 2.04. The highest BCUT2D eigenvalue weighted by Gasteiger charge is 2.30. The van der Waals surface area contributed by atoms with E-state index in [9.17, 15) is 5.11 Å². The summed E-state index contributed by atoms with van der Waals surface area (Å²) in [6, 6.07) is 0. The Morgan fingerprint density at radius 1 is 1.08 bits per heavy atom. The quantitative estimate of drug-likeness (QED) is 0.652. The predicted octanol–water partition coefficient (Wildman–Crippen LogP) is 3.22. The Hall–Kier alpha value is -0.0400. The summed E-state index contributed by atoms with van der Waals surface area (Å²) in [5, 5.41) is 9.41. The van der Waals surface area contributed by atoms with Crippen LogP contribution >= 0.6 is 0 Å². The van der Waals surface area contributed by atoms with Gasteiger partial charge in [-0.2, -0.15) is 0 Å². The van der Waals surface area contributed by atoms with Gasteiger partial charge in [-0.1, -0.05) is 40.5 Å². The summed E-state index contributed by atoms with van der Waals surface area (Å²) >= 11 is 0. The lowest BCUT2D eigenvalue weighted by atomic mass is 9.71. The SMILES string of the molecule is CCCC(CO)(CCC)C(C)C. The second kappa shape index (κ2) is 5.58. The molecule has 0 amide bonds. The summed E-state index contributed by atoms with van der Waals surface area (Å²) < 4.78 is 0. The zero-order chi connectivity index (χ0) is 9.61. The molecule has 0 spiro atoms. The molecule has 0 bridgehead atoms. The fourth-order valence-corrected chi connectivity index (χ4v) is 2.04. The molecule has 0 aliphatic rings. The Balaban J connectivity index is 4.28. The van der Waals surface area contributed by atoms with E-state index >= 15 is 0 Å². The van der Waals surface area contributed by atoms with Gasteiger partial charge in [-0.25, -0.2) is 0 Å². The van der Waals surface area contributed by atoms with Crippen molar-refractivity contribution in [2.24, 2.45) is 11.3 Å². The Bertz CT molecular complexity index is 102. The van der Waals surface area contributed by atoms with E-state index < -0.39 is 0 Å². The minimum atomic E-state index is 0.198. The molecule has 0 saturated heterocycles. The molecule has 1 N–H and O–H groups in total. The third-order valence-electron chi connectivity index (χ3n) is 3.04. The molecule has 74 valence electrons. The molecule has 0 unspecified atom stereocenters.